The minimum Gasteiger partial charge on any atom is -0.477 e. The zero-order valence-electron chi connectivity index (χ0n) is 15.4. The first-order valence-electron chi connectivity index (χ1n) is 8.86. The summed E-state index contributed by atoms with van der Waals surface area (Å²) < 4.78 is 1.56. The van der Waals surface area contributed by atoms with Gasteiger partial charge in [-0.05, 0) is 36.3 Å². The number of aryl methyl sites for hydroxylation is 1. The first-order chi connectivity index (χ1) is 14.0. The van der Waals surface area contributed by atoms with Crippen LogP contribution in [0.4, 0.5) is 11.5 Å². The number of benzene rings is 2. The van der Waals surface area contributed by atoms with Crippen LogP contribution in [0.2, 0.25) is 5.02 Å². The molecule has 0 saturated carbocycles. The molecule has 2 aromatic carbocycles. The lowest BCUT2D eigenvalue weighted by Crippen LogP contribution is -2.25. The number of halogens is 1. The highest BCUT2D eigenvalue weighted by molar-refractivity contribution is 6.31. The average Bonchev–Trinajstić information content (AvgIpc) is 3.13. The Bertz CT molecular complexity index is 1150. The summed E-state index contributed by atoms with van der Waals surface area (Å²) >= 11 is 6.33. The molecule has 0 fully saturated rings. The Morgan fingerprint density at radius 3 is 2.62 bits per heavy atom. The predicted octanol–water partition coefficient (Wildman–Crippen LogP) is 4.08. The van der Waals surface area contributed by atoms with Crippen LogP contribution in [0.3, 0.4) is 0 Å². The largest absolute Gasteiger partial charge is 0.477 e. The van der Waals surface area contributed by atoms with Crippen LogP contribution < -0.4 is 10.6 Å². The van der Waals surface area contributed by atoms with Crippen LogP contribution in [-0.4, -0.2) is 26.8 Å². The van der Waals surface area contributed by atoms with E-state index in [4.69, 9.17) is 11.6 Å². The van der Waals surface area contributed by atoms with E-state index in [1.54, 1.807) is 28.9 Å². The predicted molar refractivity (Wildman–Crippen MR) is 110 cm³/mol. The molecule has 1 aliphatic rings. The number of carboxylic acid groups (broad SMARTS) is 1. The summed E-state index contributed by atoms with van der Waals surface area (Å²) in [5, 5.41) is 20.0. The normalized spacial score (nSPS) is 15.1. The third-order valence-electron chi connectivity index (χ3n) is 4.73. The molecule has 0 radical (unpaired) electrons. The zero-order valence-corrected chi connectivity index (χ0v) is 16.1. The molecular weight excluding hydrogens is 392 g/mol. The second-order valence-electron chi connectivity index (χ2n) is 6.60. The SMILES string of the molecule is Cc1ccccc1NC(=O)c1cnn2c1NC(C(=O)O)=C[C@H]2c1ccccc1Cl. The molecule has 29 heavy (non-hydrogen) atoms. The van der Waals surface area contributed by atoms with Crippen molar-refractivity contribution in [3.8, 4) is 0 Å². The summed E-state index contributed by atoms with van der Waals surface area (Å²) in [4.78, 5) is 24.6. The van der Waals surface area contributed by atoms with Crippen LogP contribution in [0.5, 0.6) is 0 Å². The third-order valence-corrected chi connectivity index (χ3v) is 5.07. The summed E-state index contributed by atoms with van der Waals surface area (Å²) in [6, 6.07) is 14.0. The molecular formula is C21H17ClN4O3. The lowest BCUT2D eigenvalue weighted by molar-refractivity contribution is -0.132. The van der Waals surface area contributed by atoms with Gasteiger partial charge in [0.25, 0.3) is 5.91 Å². The number of carboxylic acids is 1. The van der Waals surface area contributed by atoms with E-state index >= 15 is 0 Å². The number of nitrogens with zero attached hydrogens (tertiary/aromatic N) is 2. The molecule has 0 aliphatic carbocycles. The minimum atomic E-state index is -1.14. The molecule has 0 spiro atoms. The van der Waals surface area contributed by atoms with Gasteiger partial charge in [0, 0.05) is 10.7 Å². The number of aromatic nitrogens is 2. The van der Waals surface area contributed by atoms with E-state index in [1.165, 1.54) is 12.3 Å². The van der Waals surface area contributed by atoms with Gasteiger partial charge in [-0.3, -0.25) is 4.79 Å². The summed E-state index contributed by atoms with van der Waals surface area (Å²) in [5.74, 6) is -1.24. The van der Waals surface area contributed by atoms with Gasteiger partial charge in [0.1, 0.15) is 23.1 Å². The van der Waals surface area contributed by atoms with E-state index in [9.17, 15) is 14.7 Å². The van der Waals surface area contributed by atoms with Gasteiger partial charge in [-0.25, -0.2) is 9.48 Å². The third kappa shape index (κ3) is 3.48. The maximum atomic E-state index is 12.9. The van der Waals surface area contributed by atoms with Crippen LogP contribution in [0.15, 0.2) is 66.5 Å². The Labute approximate surface area is 171 Å². The molecule has 0 bridgehead atoms. The lowest BCUT2D eigenvalue weighted by Gasteiger charge is -2.25. The maximum absolute atomic E-state index is 12.9. The number of nitrogens with one attached hydrogen (secondary N) is 2. The van der Waals surface area contributed by atoms with Crippen molar-refractivity contribution in [2.45, 2.75) is 13.0 Å². The molecule has 1 atom stereocenters. The quantitative estimate of drug-likeness (QED) is 0.604. The van der Waals surface area contributed by atoms with Gasteiger partial charge in [0.05, 0.1) is 6.20 Å². The fraction of sp³-hybridized carbons (Fsp3) is 0.0952. The van der Waals surface area contributed by atoms with Crippen LogP contribution in [0.25, 0.3) is 0 Å². The monoisotopic (exact) mass is 408 g/mol. The molecule has 2 heterocycles. The number of carbonyl (C=O) groups excluding carboxylic acids is 1. The number of anilines is 2. The number of para-hydroxylation sites is 1. The summed E-state index contributed by atoms with van der Waals surface area (Å²) in [7, 11) is 0. The number of fused-ring (bicyclic) bond motifs is 1. The first kappa shape index (κ1) is 18.8. The highest BCUT2D eigenvalue weighted by Gasteiger charge is 2.30. The Morgan fingerprint density at radius 2 is 1.90 bits per heavy atom. The van der Waals surface area contributed by atoms with E-state index in [1.807, 2.05) is 31.2 Å². The second-order valence-corrected chi connectivity index (χ2v) is 7.00. The Morgan fingerprint density at radius 1 is 1.17 bits per heavy atom. The van der Waals surface area contributed by atoms with Crippen molar-refractivity contribution in [2.24, 2.45) is 0 Å². The van der Waals surface area contributed by atoms with Crippen LogP contribution in [0, 0.1) is 6.92 Å². The molecule has 0 saturated heterocycles. The molecule has 146 valence electrons. The molecule has 3 aromatic rings. The number of carbonyl (C=O) groups is 2. The van der Waals surface area contributed by atoms with Crippen molar-refractivity contribution in [3.05, 3.63) is 88.2 Å². The van der Waals surface area contributed by atoms with Crippen LogP contribution in [0.1, 0.15) is 27.5 Å². The highest BCUT2D eigenvalue weighted by Crippen LogP contribution is 2.35. The van der Waals surface area contributed by atoms with Gasteiger partial charge in [-0.1, -0.05) is 48.0 Å². The lowest BCUT2D eigenvalue weighted by atomic mass is 10.0. The van der Waals surface area contributed by atoms with Crippen molar-refractivity contribution in [1.82, 2.24) is 9.78 Å². The van der Waals surface area contributed by atoms with Gasteiger partial charge in [-0.15, -0.1) is 0 Å². The van der Waals surface area contributed by atoms with Crippen LogP contribution >= 0.6 is 11.6 Å². The number of hydrogen-bond acceptors (Lipinski definition) is 4. The van der Waals surface area contributed by atoms with E-state index in [0.717, 1.165) is 5.56 Å². The van der Waals surface area contributed by atoms with Crippen molar-refractivity contribution in [2.75, 3.05) is 10.6 Å². The van der Waals surface area contributed by atoms with E-state index in [-0.39, 0.29) is 11.3 Å². The van der Waals surface area contributed by atoms with E-state index in [0.29, 0.717) is 22.1 Å². The Balaban J connectivity index is 1.75. The summed E-state index contributed by atoms with van der Waals surface area (Å²) in [5.41, 5.74) is 2.45. The smallest absolute Gasteiger partial charge is 0.352 e. The molecule has 0 unspecified atom stereocenters. The van der Waals surface area contributed by atoms with E-state index < -0.39 is 17.9 Å². The number of rotatable bonds is 4. The number of aliphatic carboxylic acids is 1. The molecule has 1 amide bonds. The molecule has 1 aromatic heterocycles. The molecule has 7 nitrogen and oxygen atoms in total. The Kier molecular flexibility index (Phi) is 4.82. The average molecular weight is 409 g/mol. The van der Waals surface area contributed by atoms with Gasteiger partial charge in [0.2, 0.25) is 0 Å². The zero-order chi connectivity index (χ0) is 20.5. The van der Waals surface area contributed by atoms with E-state index in [2.05, 4.69) is 15.7 Å². The van der Waals surface area contributed by atoms with Crippen molar-refractivity contribution in [1.29, 1.82) is 0 Å². The Hall–Kier alpha value is -3.58. The summed E-state index contributed by atoms with van der Waals surface area (Å²) in [6.45, 7) is 1.89. The highest BCUT2D eigenvalue weighted by atomic mass is 35.5. The number of amides is 1. The van der Waals surface area contributed by atoms with Crippen molar-refractivity contribution < 1.29 is 14.7 Å². The van der Waals surface area contributed by atoms with Crippen LogP contribution in [-0.2, 0) is 4.79 Å². The van der Waals surface area contributed by atoms with Gasteiger partial charge in [-0.2, -0.15) is 5.10 Å². The van der Waals surface area contributed by atoms with Gasteiger partial charge >= 0.3 is 5.97 Å². The molecule has 4 rings (SSSR count). The topological polar surface area (TPSA) is 96.3 Å². The fourth-order valence-corrected chi connectivity index (χ4v) is 3.47. The van der Waals surface area contributed by atoms with Crippen molar-refractivity contribution >= 4 is 35.0 Å². The fourth-order valence-electron chi connectivity index (χ4n) is 3.23. The number of hydrogen-bond donors (Lipinski definition) is 3. The molecule has 1 aliphatic heterocycles. The van der Waals surface area contributed by atoms with Crippen molar-refractivity contribution in [3.63, 3.8) is 0 Å². The van der Waals surface area contributed by atoms with Gasteiger partial charge < -0.3 is 15.7 Å². The second kappa shape index (κ2) is 7.44. The molecule has 3 N–H and O–H groups in total. The maximum Gasteiger partial charge on any atom is 0.352 e. The first-order valence-corrected chi connectivity index (χ1v) is 9.24. The number of allylic oxidation sites excluding steroid dienone is 1. The molecule has 8 heteroatoms. The minimum absolute atomic E-state index is 0.0483. The standard InChI is InChI=1S/C21H17ClN4O3/c1-12-6-2-5-9-16(12)25-20(27)14-11-23-26-18(13-7-3-4-8-15(13)22)10-17(21(28)29)24-19(14)26/h2-11,18,24H,1H3,(H,25,27)(H,28,29)/t18-/m0/s1. The summed E-state index contributed by atoms with van der Waals surface area (Å²) in [6.07, 6.45) is 2.94. The van der Waals surface area contributed by atoms with Gasteiger partial charge in [0.15, 0.2) is 0 Å².